The molecule has 1 aromatic heterocycles. The molecule has 0 aliphatic carbocycles. The maximum Gasteiger partial charge on any atom is 0.0361 e. The second kappa shape index (κ2) is 7.81. The Balaban J connectivity index is 2.17. The van der Waals surface area contributed by atoms with E-state index in [4.69, 9.17) is 0 Å². The molecule has 2 rings (SSSR count). The Bertz CT molecular complexity index is 508. The van der Waals surface area contributed by atoms with E-state index < -0.39 is 0 Å². The summed E-state index contributed by atoms with van der Waals surface area (Å²) < 4.78 is 0. The van der Waals surface area contributed by atoms with Gasteiger partial charge in [-0.25, -0.2) is 0 Å². The van der Waals surface area contributed by atoms with Crippen molar-refractivity contribution in [2.24, 2.45) is 0 Å². The molecule has 20 heavy (non-hydrogen) atoms. The average molecular weight is 268 g/mol. The summed E-state index contributed by atoms with van der Waals surface area (Å²) in [5.74, 6) is 0. The van der Waals surface area contributed by atoms with Gasteiger partial charge in [-0.05, 0) is 42.1 Å². The van der Waals surface area contributed by atoms with E-state index in [1.165, 1.54) is 23.1 Å². The van der Waals surface area contributed by atoms with Crippen LogP contribution in [0.3, 0.4) is 0 Å². The van der Waals surface area contributed by atoms with Crippen LogP contribution in [-0.2, 0) is 12.8 Å². The molecule has 0 saturated carbocycles. The Morgan fingerprint density at radius 1 is 1.10 bits per heavy atom. The van der Waals surface area contributed by atoms with E-state index in [1.807, 2.05) is 18.5 Å². The molecule has 0 aliphatic rings. The maximum absolute atomic E-state index is 4.21. The molecule has 1 aromatic carbocycles. The van der Waals surface area contributed by atoms with Crippen molar-refractivity contribution in [1.82, 2.24) is 10.3 Å². The Hall–Kier alpha value is -1.67. The largest absolute Gasteiger partial charge is 0.310 e. The summed E-state index contributed by atoms with van der Waals surface area (Å²) >= 11 is 0. The van der Waals surface area contributed by atoms with Gasteiger partial charge in [-0.3, -0.25) is 4.98 Å². The Kier molecular flexibility index (Phi) is 5.75. The van der Waals surface area contributed by atoms with Crippen LogP contribution in [0, 0.1) is 0 Å². The summed E-state index contributed by atoms with van der Waals surface area (Å²) in [5, 5.41) is 3.59. The highest BCUT2D eigenvalue weighted by atomic mass is 14.9. The van der Waals surface area contributed by atoms with Gasteiger partial charge in [0, 0.05) is 18.4 Å². The quantitative estimate of drug-likeness (QED) is 0.823. The molecule has 106 valence electrons. The minimum atomic E-state index is 0.362. The van der Waals surface area contributed by atoms with Crippen LogP contribution in [0.5, 0.6) is 0 Å². The van der Waals surface area contributed by atoms with Crippen molar-refractivity contribution < 1.29 is 0 Å². The van der Waals surface area contributed by atoms with Gasteiger partial charge in [-0.15, -0.1) is 0 Å². The molecule has 1 N–H and O–H groups in total. The summed E-state index contributed by atoms with van der Waals surface area (Å²) in [6, 6.07) is 13.5. The zero-order valence-electron chi connectivity index (χ0n) is 12.5. The van der Waals surface area contributed by atoms with Crippen LogP contribution < -0.4 is 5.32 Å². The molecule has 0 aliphatic heterocycles. The van der Waals surface area contributed by atoms with Crippen LogP contribution in [0.15, 0.2) is 48.8 Å². The maximum atomic E-state index is 4.21. The highest BCUT2D eigenvalue weighted by molar-refractivity contribution is 5.28. The lowest BCUT2D eigenvalue weighted by molar-refractivity contribution is 0.548. The van der Waals surface area contributed by atoms with E-state index >= 15 is 0 Å². The summed E-state index contributed by atoms with van der Waals surface area (Å²) in [5.41, 5.74) is 4.08. The van der Waals surface area contributed by atoms with E-state index in [-0.39, 0.29) is 0 Å². The molecule has 0 radical (unpaired) electrons. The molecule has 0 saturated heterocycles. The second-order valence-corrected chi connectivity index (χ2v) is 5.17. The van der Waals surface area contributed by atoms with Gasteiger partial charge in [0.05, 0.1) is 0 Å². The van der Waals surface area contributed by atoms with E-state index in [0.717, 1.165) is 19.4 Å². The van der Waals surface area contributed by atoms with Gasteiger partial charge in [0.25, 0.3) is 0 Å². The first-order valence-electron chi connectivity index (χ1n) is 7.54. The summed E-state index contributed by atoms with van der Waals surface area (Å²) in [6.45, 7) is 5.36. The standard InChI is InChI=1S/C18H24N2/c1-3-7-15-8-5-10-17(12-15)18(20-4-2)13-16-9-6-11-19-14-16/h5-6,8-12,14,18,20H,3-4,7,13H2,1-2H3. The Morgan fingerprint density at radius 3 is 2.65 bits per heavy atom. The normalized spacial score (nSPS) is 12.3. The lowest BCUT2D eigenvalue weighted by Crippen LogP contribution is -2.23. The number of hydrogen-bond donors (Lipinski definition) is 1. The first-order valence-corrected chi connectivity index (χ1v) is 7.54. The predicted molar refractivity (Wildman–Crippen MR) is 84.8 cm³/mol. The van der Waals surface area contributed by atoms with Gasteiger partial charge in [0.2, 0.25) is 0 Å². The van der Waals surface area contributed by atoms with Gasteiger partial charge in [0.15, 0.2) is 0 Å². The van der Waals surface area contributed by atoms with Gasteiger partial charge in [-0.1, -0.05) is 50.6 Å². The number of aromatic nitrogens is 1. The lowest BCUT2D eigenvalue weighted by Gasteiger charge is -2.19. The fourth-order valence-electron chi connectivity index (χ4n) is 2.56. The number of nitrogens with zero attached hydrogens (tertiary/aromatic N) is 1. The third kappa shape index (κ3) is 4.17. The van der Waals surface area contributed by atoms with Crippen molar-refractivity contribution in [3.8, 4) is 0 Å². The van der Waals surface area contributed by atoms with Crippen molar-refractivity contribution in [2.45, 2.75) is 39.2 Å². The molecule has 0 amide bonds. The van der Waals surface area contributed by atoms with E-state index in [1.54, 1.807) is 0 Å². The van der Waals surface area contributed by atoms with Crippen LogP contribution in [0.4, 0.5) is 0 Å². The minimum Gasteiger partial charge on any atom is -0.310 e. The summed E-state index contributed by atoms with van der Waals surface area (Å²) in [7, 11) is 0. The molecule has 2 nitrogen and oxygen atoms in total. The predicted octanol–water partition coefficient (Wildman–Crippen LogP) is 3.93. The van der Waals surface area contributed by atoms with Crippen molar-refractivity contribution in [2.75, 3.05) is 6.54 Å². The SMILES string of the molecule is CCCc1cccc(C(Cc2cccnc2)NCC)c1. The van der Waals surface area contributed by atoms with Gasteiger partial charge in [-0.2, -0.15) is 0 Å². The molecular weight excluding hydrogens is 244 g/mol. The van der Waals surface area contributed by atoms with E-state index in [2.05, 4.69) is 54.5 Å². The van der Waals surface area contributed by atoms with Crippen molar-refractivity contribution in [1.29, 1.82) is 0 Å². The lowest BCUT2D eigenvalue weighted by atomic mass is 9.97. The third-order valence-electron chi connectivity index (χ3n) is 3.51. The fourth-order valence-corrected chi connectivity index (χ4v) is 2.56. The molecule has 2 aromatic rings. The third-order valence-corrected chi connectivity index (χ3v) is 3.51. The highest BCUT2D eigenvalue weighted by Gasteiger charge is 2.11. The number of nitrogens with one attached hydrogen (secondary N) is 1. The van der Waals surface area contributed by atoms with Crippen molar-refractivity contribution in [3.63, 3.8) is 0 Å². The number of likely N-dealkylation sites (N-methyl/N-ethyl adjacent to an activating group) is 1. The fraction of sp³-hybridized carbons (Fsp3) is 0.389. The number of rotatable bonds is 7. The Morgan fingerprint density at radius 2 is 1.95 bits per heavy atom. The van der Waals surface area contributed by atoms with Gasteiger partial charge < -0.3 is 5.32 Å². The van der Waals surface area contributed by atoms with Crippen molar-refractivity contribution in [3.05, 3.63) is 65.5 Å². The molecule has 1 heterocycles. The molecule has 1 atom stereocenters. The molecular formula is C18H24N2. The highest BCUT2D eigenvalue weighted by Crippen LogP contribution is 2.20. The number of pyridine rings is 1. The zero-order valence-corrected chi connectivity index (χ0v) is 12.5. The Labute approximate surface area is 122 Å². The molecule has 1 unspecified atom stereocenters. The molecule has 0 spiro atoms. The van der Waals surface area contributed by atoms with Crippen LogP contribution in [0.25, 0.3) is 0 Å². The number of hydrogen-bond acceptors (Lipinski definition) is 2. The van der Waals surface area contributed by atoms with E-state index in [0.29, 0.717) is 6.04 Å². The van der Waals surface area contributed by atoms with E-state index in [9.17, 15) is 0 Å². The van der Waals surface area contributed by atoms with Crippen LogP contribution in [0.1, 0.15) is 43.0 Å². The first kappa shape index (κ1) is 14.7. The van der Waals surface area contributed by atoms with Crippen LogP contribution in [-0.4, -0.2) is 11.5 Å². The number of benzene rings is 1. The van der Waals surface area contributed by atoms with Crippen molar-refractivity contribution >= 4 is 0 Å². The molecule has 0 bridgehead atoms. The topological polar surface area (TPSA) is 24.9 Å². The minimum absolute atomic E-state index is 0.362. The second-order valence-electron chi connectivity index (χ2n) is 5.17. The summed E-state index contributed by atoms with van der Waals surface area (Å²) in [6.07, 6.45) is 7.11. The average Bonchev–Trinajstić information content (AvgIpc) is 2.49. The zero-order chi connectivity index (χ0) is 14.2. The monoisotopic (exact) mass is 268 g/mol. The van der Waals surface area contributed by atoms with Crippen LogP contribution in [0.2, 0.25) is 0 Å². The summed E-state index contributed by atoms with van der Waals surface area (Å²) in [4.78, 5) is 4.21. The molecule has 2 heteroatoms. The van der Waals surface area contributed by atoms with Gasteiger partial charge in [0.1, 0.15) is 0 Å². The van der Waals surface area contributed by atoms with Crippen LogP contribution >= 0.6 is 0 Å². The molecule has 0 fully saturated rings. The number of aryl methyl sites for hydroxylation is 1. The van der Waals surface area contributed by atoms with Gasteiger partial charge >= 0.3 is 0 Å². The first-order chi connectivity index (χ1) is 9.83. The smallest absolute Gasteiger partial charge is 0.0361 e.